The SMILES string of the molecule is COC(C)CNC(=O)c1cc(C#CCO)ccc1F. The number of hydrogen-bond donors (Lipinski definition) is 2. The van der Waals surface area contributed by atoms with Gasteiger partial charge in [-0.2, -0.15) is 0 Å². The predicted molar refractivity (Wildman–Crippen MR) is 69.2 cm³/mol. The van der Waals surface area contributed by atoms with Crippen LogP contribution in [0.25, 0.3) is 0 Å². The van der Waals surface area contributed by atoms with Gasteiger partial charge < -0.3 is 15.2 Å². The van der Waals surface area contributed by atoms with Gasteiger partial charge >= 0.3 is 0 Å². The van der Waals surface area contributed by atoms with Gasteiger partial charge in [-0.25, -0.2) is 4.39 Å². The standard InChI is InChI=1S/C14H16FNO3/c1-10(19-2)9-16-14(18)12-8-11(4-3-7-17)5-6-13(12)15/h5-6,8,10,17H,7,9H2,1-2H3,(H,16,18). The van der Waals surface area contributed by atoms with Crippen molar-refractivity contribution in [3.63, 3.8) is 0 Å². The fraction of sp³-hybridized carbons (Fsp3) is 0.357. The van der Waals surface area contributed by atoms with E-state index in [1.54, 1.807) is 6.92 Å². The van der Waals surface area contributed by atoms with Crippen LogP contribution in [0.3, 0.4) is 0 Å². The molecule has 1 aromatic rings. The van der Waals surface area contributed by atoms with Crippen molar-refractivity contribution in [2.24, 2.45) is 0 Å². The predicted octanol–water partition coefficient (Wildman–Crippen LogP) is 0.934. The van der Waals surface area contributed by atoms with Crippen LogP contribution in [0.15, 0.2) is 18.2 Å². The first-order valence-corrected chi connectivity index (χ1v) is 5.78. The topological polar surface area (TPSA) is 58.6 Å². The van der Waals surface area contributed by atoms with Crippen LogP contribution in [-0.2, 0) is 4.74 Å². The van der Waals surface area contributed by atoms with E-state index in [4.69, 9.17) is 9.84 Å². The van der Waals surface area contributed by atoms with Gasteiger partial charge in [0.15, 0.2) is 0 Å². The molecule has 0 aliphatic carbocycles. The molecule has 0 aliphatic heterocycles. The van der Waals surface area contributed by atoms with Crippen molar-refractivity contribution in [2.75, 3.05) is 20.3 Å². The molecule has 1 rings (SSSR count). The van der Waals surface area contributed by atoms with Crippen LogP contribution in [0.1, 0.15) is 22.8 Å². The largest absolute Gasteiger partial charge is 0.384 e. The number of carbonyl (C=O) groups excluding carboxylic acids is 1. The van der Waals surface area contributed by atoms with E-state index in [0.717, 1.165) is 0 Å². The third-order valence-electron chi connectivity index (χ3n) is 2.48. The summed E-state index contributed by atoms with van der Waals surface area (Å²) in [4.78, 5) is 11.8. The maximum absolute atomic E-state index is 13.6. The Hall–Kier alpha value is -1.90. The first-order valence-electron chi connectivity index (χ1n) is 5.78. The minimum absolute atomic E-state index is 0.0759. The molecule has 1 aromatic carbocycles. The number of halogens is 1. The normalized spacial score (nSPS) is 11.4. The van der Waals surface area contributed by atoms with Gasteiger partial charge in [-0.05, 0) is 25.1 Å². The van der Waals surface area contributed by atoms with E-state index >= 15 is 0 Å². The van der Waals surface area contributed by atoms with Crippen LogP contribution in [0.2, 0.25) is 0 Å². The van der Waals surface area contributed by atoms with Gasteiger partial charge in [-0.15, -0.1) is 0 Å². The summed E-state index contributed by atoms with van der Waals surface area (Å²) in [7, 11) is 1.53. The van der Waals surface area contributed by atoms with E-state index in [1.807, 2.05) is 0 Å². The van der Waals surface area contributed by atoms with Crippen LogP contribution in [0.4, 0.5) is 4.39 Å². The lowest BCUT2D eigenvalue weighted by Crippen LogP contribution is -2.32. The lowest BCUT2D eigenvalue weighted by Gasteiger charge is -2.11. The van der Waals surface area contributed by atoms with E-state index in [0.29, 0.717) is 12.1 Å². The zero-order valence-corrected chi connectivity index (χ0v) is 10.9. The Kier molecular flexibility index (Phi) is 6.00. The third-order valence-corrected chi connectivity index (χ3v) is 2.48. The number of aliphatic hydroxyl groups excluding tert-OH is 1. The number of carbonyl (C=O) groups is 1. The Labute approximate surface area is 111 Å². The molecule has 4 nitrogen and oxygen atoms in total. The monoisotopic (exact) mass is 265 g/mol. The Morgan fingerprint density at radius 2 is 2.32 bits per heavy atom. The molecule has 0 aromatic heterocycles. The van der Waals surface area contributed by atoms with Crippen molar-refractivity contribution in [1.29, 1.82) is 0 Å². The van der Waals surface area contributed by atoms with Gasteiger partial charge in [-0.3, -0.25) is 4.79 Å². The number of amides is 1. The maximum atomic E-state index is 13.6. The lowest BCUT2D eigenvalue weighted by molar-refractivity contribution is 0.0867. The van der Waals surface area contributed by atoms with Crippen molar-refractivity contribution < 1.29 is 19.0 Å². The molecule has 0 radical (unpaired) electrons. The second-order valence-electron chi connectivity index (χ2n) is 3.91. The Morgan fingerprint density at radius 1 is 1.58 bits per heavy atom. The Balaban J connectivity index is 2.83. The van der Waals surface area contributed by atoms with E-state index < -0.39 is 11.7 Å². The number of rotatable bonds is 4. The minimum Gasteiger partial charge on any atom is -0.384 e. The molecule has 0 saturated heterocycles. The smallest absolute Gasteiger partial charge is 0.254 e. The molecule has 1 amide bonds. The highest BCUT2D eigenvalue weighted by molar-refractivity contribution is 5.94. The molecule has 1 atom stereocenters. The van der Waals surface area contributed by atoms with Crippen LogP contribution < -0.4 is 5.32 Å². The number of hydrogen-bond acceptors (Lipinski definition) is 3. The molecule has 0 saturated carbocycles. The molecule has 0 bridgehead atoms. The van der Waals surface area contributed by atoms with Gasteiger partial charge in [0.2, 0.25) is 0 Å². The third kappa shape index (κ3) is 4.70. The average Bonchev–Trinajstić information content (AvgIpc) is 2.43. The van der Waals surface area contributed by atoms with Gasteiger partial charge in [0.05, 0.1) is 11.7 Å². The molecule has 0 heterocycles. The molecular formula is C14H16FNO3. The van der Waals surface area contributed by atoms with Gasteiger partial charge in [-0.1, -0.05) is 11.8 Å². The zero-order valence-electron chi connectivity index (χ0n) is 10.9. The molecule has 102 valence electrons. The van der Waals surface area contributed by atoms with Crippen LogP contribution in [0, 0.1) is 17.7 Å². The van der Waals surface area contributed by atoms with Crippen molar-refractivity contribution in [3.8, 4) is 11.8 Å². The molecule has 19 heavy (non-hydrogen) atoms. The van der Waals surface area contributed by atoms with E-state index in [9.17, 15) is 9.18 Å². The molecule has 0 fully saturated rings. The summed E-state index contributed by atoms with van der Waals surface area (Å²) in [6.07, 6.45) is -0.149. The second-order valence-corrected chi connectivity index (χ2v) is 3.91. The Bertz CT molecular complexity index is 505. The molecule has 2 N–H and O–H groups in total. The zero-order chi connectivity index (χ0) is 14.3. The van der Waals surface area contributed by atoms with Crippen molar-refractivity contribution in [1.82, 2.24) is 5.32 Å². The van der Waals surface area contributed by atoms with Crippen molar-refractivity contribution >= 4 is 5.91 Å². The van der Waals surface area contributed by atoms with E-state index in [2.05, 4.69) is 17.2 Å². The maximum Gasteiger partial charge on any atom is 0.254 e. The van der Waals surface area contributed by atoms with E-state index in [-0.39, 0.29) is 18.3 Å². The molecule has 0 aliphatic rings. The van der Waals surface area contributed by atoms with Gasteiger partial charge in [0, 0.05) is 19.2 Å². The molecule has 0 spiro atoms. The average molecular weight is 265 g/mol. The summed E-state index contributed by atoms with van der Waals surface area (Å²) in [6, 6.07) is 3.98. The summed E-state index contributed by atoms with van der Waals surface area (Å²) in [5.41, 5.74) is 0.397. The quantitative estimate of drug-likeness (QED) is 0.796. The summed E-state index contributed by atoms with van der Waals surface area (Å²) in [6.45, 7) is 1.80. The fourth-order valence-electron chi connectivity index (χ4n) is 1.33. The Morgan fingerprint density at radius 3 is 2.95 bits per heavy atom. The van der Waals surface area contributed by atoms with Gasteiger partial charge in [0.1, 0.15) is 12.4 Å². The van der Waals surface area contributed by atoms with Crippen molar-refractivity contribution in [3.05, 3.63) is 35.1 Å². The second kappa shape index (κ2) is 7.52. The molecular weight excluding hydrogens is 249 g/mol. The van der Waals surface area contributed by atoms with Crippen molar-refractivity contribution in [2.45, 2.75) is 13.0 Å². The number of nitrogens with one attached hydrogen (secondary N) is 1. The van der Waals surface area contributed by atoms with Crippen LogP contribution in [-0.4, -0.2) is 37.4 Å². The molecule has 1 unspecified atom stereocenters. The highest BCUT2D eigenvalue weighted by Gasteiger charge is 2.12. The highest BCUT2D eigenvalue weighted by Crippen LogP contribution is 2.10. The fourth-order valence-corrected chi connectivity index (χ4v) is 1.33. The summed E-state index contributed by atoms with van der Waals surface area (Å²) >= 11 is 0. The number of methoxy groups -OCH3 is 1. The summed E-state index contributed by atoms with van der Waals surface area (Å²) in [5, 5.41) is 11.2. The number of aliphatic hydroxyl groups is 1. The summed E-state index contributed by atoms with van der Waals surface area (Å²) in [5.74, 6) is 3.93. The summed E-state index contributed by atoms with van der Waals surface area (Å²) < 4.78 is 18.5. The van der Waals surface area contributed by atoms with Crippen LogP contribution >= 0.6 is 0 Å². The first-order chi connectivity index (χ1) is 9.08. The van der Waals surface area contributed by atoms with E-state index in [1.165, 1.54) is 25.3 Å². The minimum atomic E-state index is -0.614. The number of ether oxygens (including phenoxy) is 1. The molecule has 5 heteroatoms. The van der Waals surface area contributed by atoms with Crippen LogP contribution in [0.5, 0.6) is 0 Å². The lowest BCUT2D eigenvalue weighted by atomic mass is 10.1. The first kappa shape index (κ1) is 15.2. The van der Waals surface area contributed by atoms with Gasteiger partial charge in [0.25, 0.3) is 5.91 Å². The highest BCUT2D eigenvalue weighted by atomic mass is 19.1. The number of benzene rings is 1.